The summed E-state index contributed by atoms with van der Waals surface area (Å²) in [6.07, 6.45) is -5.51. The molecule has 112 valence electrons. The molecule has 1 atom stereocenters. The van der Waals surface area contributed by atoms with Crippen LogP contribution in [0.15, 0.2) is 60.7 Å². The van der Waals surface area contributed by atoms with Crippen molar-refractivity contribution in [3.05, 3.63) is 71.8 Å². The molecule has 0 aliphatic carbocycles. The summed E-state index contributed by atoms with van der Waals surface area (Å²) in [6.45, 7) is 0. The Morgan fingerprint density at radius 3 is 2.05 bits per heavy atom. The molecule has 0 unspecified atom stereocenters. The lowest BCUT2D eigenvalue weighted by Crippen LogP contribution is -2.24. The molecule has 0 aliphatic rings. The number of alkyl halides is 3. The van der Waals surface area contributed by atoms with E-state index in [1.54, 1.807) is 54.6 Å². The number of hydrogen-bond acceptors (Lipinski definition) is 1. The Hall–Kier alpha value is -2.54. The van der Waals surface area contributed by atoms with Gasteiger partial charge in [0.25, 0.3) is 0 Å². The lowest BCUT2D eigenvalue weighted by atomic mass is 9.93. The van der Waals surface area contributed by atoms with E-state index in [0.29, 0.717) is 11.1 Å². The predicted octanol–water partition coefficient (Wildman–Crippen LogP) is 4.34. The molecule has 2 aromatic carbocycles. The monoisotopic (exact) mass is 302 g/mol. The van der Waals surface area contributed by atoms with Gasteiger partial charge in [-0.15, -0.1) is 0 Å². The number of benzene rings is 2. The van der Waals surface area contributed by atoms with Crippen molar-refractivity contribution in [3.8, 4) is 11.8 Å². The van der Waals surface area contributed by atoms with Crippen LogP contribution in [0.25, 0.3) is 0 Å². The largest absolute Gasteiger partial charge is 0.450 e. The van der Waals surface area contributed by atoms with Crippen molar-refractivity contribution in [3.63, 3.8) is 0 Å². The summed E-state index contributed by atoms with van der Waals surface area (Å²) >= 11 is 0. The standard InChI is InChI=1S/C18H13F3O/c19-18(20,21)17(22)13-16(15-9-5-2-6-10-15)12-11-14-7-3-1-4-8-14/h1-10,16H,13H2/t16-/m1/s1. The van der Waals surface area contributed by atoms with Crippen LogP contribution in [0.5, 0.6) is 0 Å². The third-order valence-electron chi connectivity index (χ3n) is 3.07. The van der Waals surface area contributed by atoms with Crippen molar-refractivity contribution in [1.29, 1.82) is 0 Å². The van der Waals surface area contributed by atoms with Crippen LogP contribution in [-0.2, 0) is 4.79 Å². The van der Waals surface area contributed by atoms with Crippen LogP contribution in [0.2, 0.25) is 0 Å². The van der Waals surface area contributed by atoms with Crippen molar-refractivity contribution >= 4 is 5.78 Å². The molecule has 0 fully saturated rings. The highest BCUT2D eigenvalue weighted by atomic mass is 19.4. The second-order valence-corrected chi connectivity index (χ2v) is 4.72. The Kier molecular flexibility index (Phi) is 5.00. The molecule has 4 heteroatoms. The molecule has 0 bridgehead atoms. The summed E-state index contributed by atoms with van der Waals surface area (Å²) in [5.74, 6) is 3.07. The first-order valence-electron chi connectivity index (χ1n) is 6.68. The van der Waals surface area contributed by atoms with Gasteiger partial charge in [0.1, 0.15) is 0 Å². The summed E-state index contributed by atoms with van der Waals surface area (Å²) in [4.78, 5) is 11.3. The molecule has 0 N–H and O–H groups in total. The maximum atomic E-state index is 12.5. The van der Waals surface area contributed by atoms with Gasteiger partial charge >= 0.3 is 6.18 Å². The van der Waals surface area contributed by atoms with Crippen molar-refractivity contribution in [2.24, 2.45) is 0 Å². The van der Waals surface area contributed by atoms with E-state index in [0.717, 1.165) is 0 Å². The molecule has 0 aromatic heterocycles. The SMILES string of the molecule is O=C(C[C@@H](C#Cc1ccccc1)c1ccccc1)C(F)(F)F. The van der Waals surface area contributed by atoms with Crippen LogP contribution in [-0.4, -0.2) is 12.0 Å². The van der Waals surface area contributed by atoms with Gasteiger partial charge in [-0.25, -0.2) is 0 Å². The van der Waals surface area contributed by atoms with Crippen LogP contribution >= 0.6 is 0 Å². The van der Waals surface area contributed by atoms with Gasteiger partial charge in [-0.1, -0.05) is 60.4 Å². The number of Topliss-reactive ketones (excluding diaryl/α,β-unsaturated/α-hetero) is 1. The van der Waals surface area contributed by atoms with E-state index in [9.17, 15) is 18.0 Å². The van der Waals surface area contributed by atoms with E-state index in [1.807, 2.05) is 6.07 Å². The molecule has 0 aliphatic heterocycles. The highest BCUT2D eigenvalue weighted by Crippen LogP contribution is 2.26. The summed E-state index contributed by atoms with van der Waals surface area (Å²) in [7, 11) is 0. The molecule has 2 aromatic rings. The zero-order valence-electron chi connectivity index (χ0n) is 11.6. The van der Waals surface area contributed by atoms with Crippen molar-refractivity contribution in [2.45, 2.75) is 18.5 Å². The zero-order valence-corrected chi connectivity index (χ0v) is 11.6. The quantitative estimate of drug-likeness (QED) is 0.771. The van der Waals surface area contributed by atoms with Gasteiger partial charge in [0.2, 0.25) is 5.78 Å². The molecule has 0 radical (unpaired) electrons. The fourth-order valence-electron chi connectivity index (χ4n) is 1.93. The molecular formula is C18H13F3O. The number of rotatable bonds is 3. The summed E-state index contributed by atoms with van der Waals surface area (Å²) < 4.78 is 37.5. The summed E-state index contributed by atoms with van der Waals surface area (Å²) in [5, 5.41) is 0. The first kappa shape index (κ1) is 15.8. The van der Waals surface area contributed by atoms with Gasteiger partial charge in [-0.3, -0.25) is 4.79 Å². The smallest absolute Gasteiger partial charge is 0.290 e. The first-order valence-corrected chi connectivity index (χ1v) is 6.68. The van der Waals surface area contributed by atoms with Crippen molar-refractivity contribution in [2.75, 3.05) is 0 Å². The molecule has 0 amide bonds. The molecule has 1 nitrogen and oxygen atoms in total. The molecule has 22 heavy (non-hydrogen) atoms. The predicted molar refractivity (Wildman–Crippen MR) is 78.2 cm³/mol. The second-order valence-electron chi connectivity index (χ2n) is 4.72. The molecule has 0 saturated heterocycles. The van der Waals surface area contributed by atoms with Crippen molar-refractivity contribution in [1.82, 2.24) is 0 Å². The van der Waals surface area contributed by atoms with E-state index < -0.39 is 24.3 Å². The highest BCUT2D eigenvalue weighted by molar-refractivity contribution is 5.85. The molecule has 0 heterocycles. The summed E-state index contributed by atoms with van der Waals surface area (Å²) in [5.41, 5.74) is 1.30. The van der Waals surface area contributed by atoms with Gasteiger partial charge in [-0.2, -0.15) is 13.2 Å². The summed E-state index contributed by atoms with van der Waals surface area (Å²) in [6, 6.07) is 17.5. The average Bonchev–Trinajstić information content (AvgIpc) is 2.52. The number of halogens is 3. The Bertz CT molecular complexity index is 679. The Balaban J connectivity index is 2.27. The Morgan fingerprint density at radius 2 is 1.50 bits per heavy atom. The maximum Gasteiger partial charge on any atom is 0.450 e. The zero-order chi connectivity index (χ0) is 16.0. The van der Waals surface area contributed by atoms with Gasteiger partial charge in [0, 0.05) is 12.0 Å². The molecule has 2 rings (SSSR count). The van der Waals surface area contributed by atoms with E-state index >= 15 is 0 Å². The lowest BCUT2D eigenvalue weighted by molar-refractivity contribution is -0.171. The van der Waals surface area contributed by atoms with Crippen LogP contribution in [0.1, 0.15) is 23.5 Å². The fourth-order valence-corrected chi connectivity index (χ4v) is 1.93. The van der Waals surface area contributed by atoms with E-state index in [2.05, 4.69) is 11.8 Å². The lowest BCUT2D eigenvalue weighted by Gasteiger charge is -2.12. The number of hydrogen-bond donors (Lipinski definition) is 0. The number of ketones is 1. The normalized spacial score (nSPS) is 12.1. The molecular weight excluding hydrogens is 289 g/mol. The maximum absolute atomic E-state index is 12.5. The van der Waals surface area contributed by atoms with Crippen LogP contribution in [0.4, 0.5) is 13.2 Å². The van der Waals surface area contributed by atoms with Gasteiger partial charge in [0.15, 0.2) is 0 Å². The number of carbonyl (C=O) groups is 1. The number of carbonyl (C=O) groups excluding carboxylic acids is 1. The third kappa shape index (κ3) is 4.49. The molecule has 0 saturated carbocycles. The van der Waals surface area contributed by atoms with Gasteiger partial charge in [0.05, 0.1) is 5.92 Å². The Morgan fingerprint density at radius 1 is 0.955 bits per heavy atom. The third-order valence-corrected chi connectivity index (χ3v) is 3.07. The van der Waals surface area contributed by atoms with E-state index in [4.69, 9.17) is 0 Å². The fraction of sp³-hybridized carbons (Fsp3) is 0.167. The van der Waals surface area contributed by atoms with E-state index in [-0.39, 0.29) is 0 Å². The minimum absolute atomic E-state index is 0.600. The van der Waals surface area contributed by atoms with Crippen LogP contribution in [0.3, 0.4) is 0 Å². The minimum atomic E-state index is -4.83. The highest BCUT2D eigenvalue weighted by Gasteiger charge is 2.39. The van der Waals surface area contributed by atoms with Crippen molar-refractivity contribution < 1.29 is 18.0 Å². The van der Waals surface area contributed by atoms with Crippen LogP contribution in [0, 0.1) is 11.8 Å². The van der Waals surface area contributed by atoms with Gasteiger partial charge < -0.3 is 0 Å². The minimum Gasteiger partial charge on any atom is -0.290 e. The topological polar surface area (TPSA) is 17.1 Å². The Labute approximate surface area is 126 Å². The second kappa shape index (κ2) is 6.95. The van der Waals surface area contributed by atoms with E-state index in [1.165, 1.54) is 0 Å². The average molecular weight is 302 g/mol. The first-order chi connectivity index (χ1) is 10.5. The van der Waals surface area contributed by atoms with Gasteiger partial charge in [-0.05, 0) is 17.7 Å². The van der Waals surface area contributed by atoms with Crippen LogP contribution < -0.4 is 0 Å². The molecule has 0 spiro atoms.